The average molecular weight is 179 g/mol. The van der Waals surface area contributed by atoms with Gasteiger partial charge in [-0.3, -0.25) is 0 Å². The molecule has 1 aromatic rings. The molecule has 0 aliphatic rings. The number of nitrogens with two attached hydrogens (primary N) is 1. The van der Waals surface area contributed by atoms with Crippen LogP contribution in [0.5, 0.6) is 0 Å². The minimum atomic E-state index is 0.0485. The van der Waals surface area contributed by atoms with Gasteiger partial charge in [0.05, 0.1) is 0 Å². The average Bonchev–Trinajstić information content (AvgIpc) is 2.18. The zero-order valence-corrected chi connectivity index (χ0v) is 7.98. The van der Waals surface area contributed by atoms with Gasteiger partial charge in [0, 0.05) is 12.6 Å². The molecule has 0 fully saturated rings. The molecule has 0 aliphatic carbocycles. The molecule has 13 heavy (non-hydrogen) atoms. The largest absolute Gasteiger partial charge is 0.396 e. The zero-order valence-electron chi connectivity index (χ0n) is 7.98. The molecule has 2 heteroatoms. The number of rotatable bonds is 4. The Morgan fingerprint density at radius 2 is 1.92 bits per heavy atom. The lowest BCUT2D eigenvalue weighted by atomic mass is 9.92. The Morgan fingerprint density at radius 1 is 1.31 bits per heavy atom. The van der Waals surface area contributed by atoms with Crippen LogP contribution in [-0.2, 0) is 0 Å². The third-order valence-electron chi connectivity index (χ3n) is 2.43. The van der Waals surface area contributed by atoms with E-state index in [-0.39, 0.29) is 12.6 Å². The summed E-state index contributed by atoms with van der Waals surface area (Å²) in [6.07, 6.45) is 0.663. The van der Waals surface area contributed by atoms with Gasteiger partial charge >= 0.3 is 0 Å². The first-order valence-electron chi connectivity index (χ1n) is 4.67. The van der Waals surface area contributed by atoms with Gasteiger partial charge in [0.25, 0.3) is 0 Å². The Labute approximate surface area is 79.4 Å². The number of benzene rings is 1. The first-order chi connectivity index (χ1) is 6.25. The van der Waals surface area contributed by atoms with E-state index >= 15 is 0 Å². The van der Waals surface area contributed by atoms with Crippen LogP contribution in [-0.4, -0.2) is 17.8 Å². The molecule has 0 saturated heterocycles. The van der Waals surface area contributed by atoms with Crippen LogP contribution < -0.4 is 5.73 Å². The maximum Gasteiger partial charge on any atom is 0.0446 e. The Bertz CT molecular complexity index is 235. The molecule has 0 radical (unpaired) electrons. The van der Waals surface area contributed by atoms with Crippen molar-refractivity contribution in [2.45, 2.75) is 25.3 Å². The van der Waals surface area contributed by atoms with Gasteiger partial charge in [0.1, 0.15) is 0 Å². The van der Waals surface area contributed by atoms with Crippen molar-refractivity contribution in [1.29, 1.82) is 0 Å². The highest BCUT2D eigenvalue weighted by Crippen LogP contribution is 2.18. The lowest BCUT2D eigenvalue weighted by Crippen LogP contribution is -2.27. The van der Waals surface area contributed by atoms with Crippen molar-refractivity contribution in [2.75, 3.05) is 6.61 Å². The molecule has 2 unspecified atom stereocenters. The zero-order chi connectivity index (χ0) is 9.68. The SMILES string of the molecule is CC(c1ccccc1)C(N)CCO. The second-order valence-electron chi connectivity index (χ2n) is 3.38. The molecule has 2 atom stereocenters. The van der Waals surface area contributed by atoms with E-state index in [1.165, 1.54) is 5.56 Å². The van der Waals surface area contributed by atoms with Crippen molar-refractivity contribution in [1.82, 2.24) is 0 Å². The summed E-state index contributed by atoms with van der Waals surface area (Å²) in [7, 11) is 0. The Kier molecular flexibility index (Phi) is 3.93. The summed E-state index contributed by atoms with van der Waals surface area (Å²) in [4.78, 5) is 0. The Hall–Kier alpha value is -0.860. The van der Waals surface area contributed by atoms with E-state index in [1.54, 1.807) is 0 Å². The molecule has 0 bridgehead atoms. The van der Waals surface area contributed by atoms with Crippen LogP contribution in [0.4, 0.5) is 0 Å². The molecule has 0 aromatic heterocycles. The quantitative estimate of drug-likeness (QED) is 0.735. The summed E-state index contributed by atoms with van der Waals surface area (Å²) >= 11 is 0. The second kappa shape index (κ2) is 5.00. The molecule has 1 aromatic carbocycles. The van der Waals surface area contributed by atoms with Crippen molar-refractivity contribution >= 4 is 0 Å². The van der Waals surface area contributed by atoms with Gasteiger partial charge in [-0.25, -0.2) is 0 Å². The van der Waals surface area contributed by atoms with E-state index in [4.69, 9.17) is 10.8 Å². The van der Waals surface area contributed by atoms with Gasteiger partial charge in [0.15, 0.2) is 0 Å². The van der Waals surface area contributed by atoms with Crippen LogP contribution in [0.1, 0.15) is 24.8 Å². The van der Waals surface area contributed by atoms with Crippen LogP contribution >= 0.6 is 0 Å². The van der Waals surface area contributed by atoms with E-state index in [9.17, 15) is 0 Å². The Morgan fingerprint density at radius 3 is 2.46 bits per heavy atom. The highest BCUT2D eigenvalue weighted by Gasteiger charge is 2.13. The topological polar surface area (TPSA) is 46.2 Å². The lowest BCUT2D eigenvalue weighted by Gasteiger charge is -2.19. The molecule has 0 heterocycles. The molecular weight excluding hydrogens is 162 g/mol. The van der Waals surface area contributed by atoms with Gasteiger partial charge in [0.2, 0.25) is 0 Å². The van der Waals surface area contributed by atoms with Crippen LogP contribution in [0.3, 0.4) is 0 Å². The van der Waals surface area contributed by atoms with Crippen molar-refractivity contribution in [3.63, 3.8) is 0 Å². The van der Waals surface area contributed by atoms with Crippen molar-refractivity contribution in [3.8, 4) is 0 Å². The van der Waals surface area contributed by atoms with Crippen molar-refractivity contribution < 1.29 is 5.11 Å². The number of hydrogen-bond acceptors (Lipinski definition) is 2. The highest BCUT2D eigenvalue weighted by atomic mass is 16.3. The van der Waals surface area contributed by atoms with Gasteiger partial charge in [-0.2, -0.15) is 0 Å². The molecule has 3 N–H and O–H groups in total. The van der Waals surface area contributed by atoms with Crippen LogP contribution in [0.25, 0.3) is 0 Å². The minimum absolute atomic E-state index is 0.0485. The molecule has 2 nitrogen and oxygen atoms in total. The number of aliphatic hydroxyl groups is 1. The highest BCUT2D eigenvalue weighted by molar-refractivity contribution is 5.20. The molecule has 0 amide bonds. The minimum Gasteiger partial charge on any atom is -0.396 e. The first-order valence-corrected chi connectivity index (χ1v) is 4.67. The molecule has 72 valence electrons. The maximum absolute atomic E-state index is 8.75. The van der Waals surface area contributed by atoms with Gasteiger partial charge in [-0.05, 0) is 17.9 Å². The number of hydrogen-bond donors (Lipinski definition) is 2. The normalized spacial score (nSPS) is 15.3. The van der Waals surface area contributed by atoms with E-state index in [0.717, 1.165) is 0 Å². The summed E-state index contributed by atoms with van der Waals surface area (Å²) in [6, 6.07) is 10.2. The van der Waals surface area contributed by atoms with Crippen molar-refractivity contribution in [2.24, 2.45) is 5.73 Å². The van der Waals surface area contributed by atoms with Crippen LogP contribution in [0.2, 0.25) is 0 Å². The lowest BCUT2D eigenvalue weighted by molar-refractivity contribution is 0.269. The predicted octanol–water partition coefficient (Wildman–Crippen LogP) is 1.50. The smallest absolute Gasteiger partial charge is 0.0446 e. The molecular formula is C11H17NO. The van der Waals surface area contributed by atoms with Crippen LogP contribution in [0.15, 0.2) is 30.3 Å². The number of aliphatic hydroxyl groups excluding tert-OH is 1. The monoisotopic (exact) mass is 179 g/mol. The van der Waals surface area contributed by atoms with Crippen molar-refractivity contribution in [3.05, 3.63) is 35.9 Å². The third-order valence-corrected chi connectivity index (χ3v) is 2.43. The van der Waals surface area contributed by atoms with Crippen LogP contribution in [0, 0.1) is 0 Å². The van der Waals surface area contributed by atoms with E-state index in [1.807, 2.05) is 18.2 Å². The first kappa shape index (κ1) is 10.2. The summed E-state index contributed by atoms with van der Waals surface area (Å²) < 4.78 is 0. The fourth-order valence-corrected chi connectivity index (χ4v) is 1.40. The third kappa shape index (κ3) is 2.83. The predicted molar refractivity (Wildman–Crippen MR) is 54.5 cm³/mol. The molecule has 0 saturated carbocycles. The summed E-state index contributed by atoms with van der Waals surface area (Å²) in [5.74, 6) is 0.313. The standard InChI is InChI=1S/C11H17NO/c1-9(11(12)7-8-13)10-5-3-2-4-6-10/h2-6,9,11,13H,7-8,12H2,1H3. The van der Waals surface area contributed by atoms with Gasteiger partial charge in [-0.15, -0.1) is 0 Å². The summed E-state index contributed by atoms with van der Waals surface area (Å²) in [5, 5.41) is 8.75. The van der Waals surface area contributed by atoms with E-state index < -0.39 is 0 Å². The fraction of sp³-hybridized carbons (Fsp3) is 0.455. The van der Waals surface area contributed by atoms with Gasteiger partial charge in [-0.1, -0.05) is 37.3 Å². The van der Waals surface area contributed by atoms with Gasteiger partial charge < -0.3 is 10.8 Å². The van der Waals surface area contributed by atoms with E-state index in [0.29, 0.717) is 12.3 Å². The molecule has 0 spiro atoms. The summed E-state index contributed by atoms with van der Waals surface area (Å²) in [5.41, 5.74) is 7.14. The Balaban J connectivity index is 2.62. The molecule has 0 aliphatic heterocycles. The maximum atomic E-state index is 8.75. The molecule has 1 rings (SSSR count). The fourth-order valence-electron chi connectivity index (χ4n) is 1.40. The van der Waals surface area contributed by atoms with E-state index in [2.05, 4.69) is 19.1 Å². The second-order valence-corrected chi connectivity index (χ2v) is 3.38. The summed E-state index contributed by atoms with van der Waals surface area (Å²) in [6.45, 7) is 2.26.